The Bertz CT molecular complexity index is 1590. The van der Waals surface area contributed by atoms with E-state index in [-0.39, 0.29) is 23.5 Å². The Morgan fingerprint density at radius 3 is 2.62 bits per heavy atom. The first-order valence-electron chi connectivity index (χ1n) is 11.4. The van der Waals surface area contributed by atoms with Crippen LogP contribution < -0.4 is 24.4 Å². The van der Waals surface area contributed by atoms with Gasteiger partial charge in [0.05, 0.1) is 42.2 Å². The molecule has 4 rings (SSSR count). The second-order valence-electron chi connectivity index (χ2n) is 7.96. The maximum absolute atomic E-state index is 13.8. The number of hydrogen-bond acceptors (Lipinski definition) is 8. The number of phenolic OH excluding ortho intramolecular Hbond substituents is 1. The van der Waals surface area contributed by atoms with E-state index in [4.69, 9.17) is 14.2 Å². The first-order chi connectivity index (χ1) is 17.7. The summed E-state index contributed by atoms with van der Waals surface area (Å²) in [5, 5.41) is 10.3. The summed E-state index contributed by atoms with van der Waals surface area (Å²) in [7, 11) is 1.53. The lowest BCUT2D eigenvalue weighted by molar-refractivity contribution is -0.139. The highest BCUT2D eigenvalue weighted by molar-refractivity contribution is 9.10. The number of nitrogens with zero attached hydrogens (tertiary/aromatic N) is 2. The second kappa shape index (κ2) is 11.2. The number of methoxy groups -OCH3 is 1. The van der Waals surface area contributed by atoms with Crippen LogP contribution in [-0.4, -0.2) is 36.0 Å². The number of aromatic hydroxyl groups is 1. The molecule has 37 heavy (non-hydrogen) atoms. The van der Waals surface area contributed by atoms with Gasteiger partial charge in [0, 0.05) is 14.5 Å². The van der Waals surface area contributed by atoms with Gasteiger partial charge in [0.2, 0.25) is 0 Å². The number of halogens is 2. The summed E-state index contributed by atoms with van der Waals surface area (Å²) < 4.78 is 19.8. The number of esters is 1. The Kier molecular flexibility index (Phi) is 8.25. The monoisotopic (exact) mass is 650 g/mol. The highest BCUT2D eigenvalue weighted by Gasteiger charge is 2.35. The number of phenols is 1. The summed E-state index contributed by atoms with van der Waals surface area (Å²) in [6.07, 6.45) is 1.61. The lowest BCUT2D eigenvalue weighted by Crippen LogP contribution is -2.40. The Labute approximate surface area is 233 Å². The minimum Gasteiger partial charge on any atom is -0.507 e. The first kappa shape index (κ1) is 27.2. The van der Waals surface area contributed by atoms with Crippen molar-refractivity contribution in [3.05, 3.63) is 81.4 Å². The molecule has 1 atom stereocenters. The average Bonchev–Trinajstić information content (AvgIpc) is 3.15. The smallest absolute Gasteiger partial charge is 0.338 e. The van der Waals surface area contributed by atoms with Crippen molar-refractivity contribution in [2.45, 2.75) is 26.8 Å². The van der Waals surface area contributed by atoms with Gasteiger partial charge >= 0.3 is 5.97 Å². The van der Waals surface area contributed by atoms with Crippen LogP contribution in [0.3, 0.4) is 0 Å². The highest BCUT2D eigenvalue weighted by atomic mass is 79.9. The van der Waals surface area contributed by atoms with Gasteiger partial charge in [-0.2, -0.15) is 0 Å². The summed E-state index contributed by atoms with van der Waals surface area (Å²) in [6, 6.07) is 7.63. The Morgan fingerprint density at radius 2 is 1.95 bits per heavy atom. The molecule has 1 aromatic heterocycles. The lowest BCUT2D eigenvalue weighted by atomic mass is 9.95. The van der Waals surface area contributed by atoms with Crippen LogP contribution in [-0.2, 0) is 9.53 Å². The molecule has 0 unspecified atom stereocenters. The largest absolute Gasteiger partial charge is 0.507 e. The fourth-order valence-electron chi connectivity index (χ4n) is 4.06. The van der Waals surface area contributed by atoms with Crippen molar-refractivity contribution in [3.8, 4) is 17.2 Å². The van der Waals surface area contributed by atoms with Crippen LogP contribution in [0.15, 0.2) is 60.3 Å². The van der Waals surface area contributed by atoms with E-state index in [1.54, 1.807) is 50.3 Å². The number of ether oxygens (including phenoxy) is 3. The standard InChI is InChI=1S/C26H24Br2N2O6S/c1-5-35-20-12-17(28)16(11-19(20)34-4)23-22(25(33)36-6-2)13(3)29-26-30(23)24(32)21(37-26)10-14-9-15(27)7-8-18(14)31/h7-12,23,31H,5-6H2,1-4H3/b21-10+/t23-/m0/s1. The topological polar surface area (TPSA) is 99.4 Å². The first-order valence-corrected chi connectivity index (χ1v) is 13.8. The molecule has 1 aliphatic heterocycles. The zero-order valence-electron chi connectivity index (χ0n) is 20.5. The summed E-state index contributed by atoms with van der Waals surface area (Å²) in [4.78, 5) is 32.0. The highest BCUT2D eigenvalue weighted by Crippen LogP contribution is 2.41. The van der Waals surface area contributed by atoms with Gasteiger partial charge in [-0.1, -0.05) is 43.2 Å². The van der Waals surface area contributed by atoms with Gasteiger partial charge in [0.15, 0.2) is 16.3 Å². The van der Waals surface area contributed by atoms with Crippen LogP contribution in [0.1, 0.15) is 37.9 Å². The van der Waals surface area contributed by atoms with E-state index in [9.17, 15) is 14.7 Å². The van der Waals surface area contributed by atoms with Crippen LogP contribution in [0.5, 0.6) is 17.2 Å². The van der Waals surface area contributed by atoms with E-state index in [0.717, 1.165) is 4.47 Å². The van der Waals surface area contributed by atoms with E-state index in [2.05, 4.69) is 36.9 Å². The molecule has 3 aromatic rings. The fourth-order valence-corrected chi connectivity index (χ4v) is 6.01. The van der Waals surface area contributed by atoms with Gasteiger partial charge in [-0.25, -0.2) is 9.79 Å². The van der Waals surface area contributed by atoms with Crippen molar-refractivity contribution in [1.82, 2.24) is 4.57 Å². The zero-order valence-corrected chi connectivity index (χ0v) is 24.5. The predicted molar refractivity (Wildman–Crippen MR) is 148 cm³/mol. The third-order valence-electron chi connectivity index (χ3n) is 5.67. The van der Waals surface area contributed by atoms with Gasteiger partial charge < -0.3 is 19.3 Å². The SMILES string of the molecule is CCOC(=O)C1=C(C)N=c2s/c(=C/c3cc(Br)ccc3O)c(=O)n2[C@H]1c1cc(OC)c(OCC)cc1Br. The molecule has 0 spiro atoms. The van der Waals surface area contributed by atoms with Gasteiger partial charge in [-0.15, -0.1) is 0 Å². The Hall–Kier alpha value is -2.89. The van der Waals surface area contributed by atoms with Crippen LogP contribution in [0.4, 0.5) is 0 Å². The normalized spacial score (nSPS) is 15.3. The number of fused-ring (bicyclic) bond motifs is 1. The van der Waals surface area contributed by atoms with E-state index >= 15 is 0 Å². The number of thiazole rings is 1. The molecule has 1 N–H and O–H groups in total. The molecule has 0 aliphatic carbocycles. The summed E-state index contributed by atoms with van der Waals surface area (Å²) in [5.74, 6) is 0.455. The van der Waals surface area contributed by atoms with Crippen LogP contribution in [0.2, 0.25) is 0 Å². The predicted octanol–water partition coefficient (Wildman–Crippen LogP) is 4.44. The minimum absolute atomic E-state index is 0.0352. The van der Waals surface area contributed by atoms with E-state index in [1.165, 1.54) is 23.0 Å². The van der Waals surface area contributed by atoms with E-state index in [0.29, 0.717) is 48.7 Å². The molecule has 8 nitrogen and oxygen atoms in total. The van der Waals surface area contributed by atoms with Crippen molar-refractivity contribution >= 4 is 55.2 Å². The van der Waals surface area contributed by atoms with Crippen molar-refractivity contribution in [1.29, 1.82) is 0 Å². The molecule has 11 heteroatoms. The molecule has 0 radical (unpaired) electrons. The maximum Gasteiger partial charge on any atom is 0.338 e. The van der Waals surface area contributed by atoms with Crippen molar-refractivity contribution in [3.63, 3.8) is 0 Å². The molecule has 2 aromatic carbocycles. The van der Waals surface area contributed by atoms with Crippen molar-refractivity contribution in [2.75, 3.05) is 20.3 Å². The summed E-state index contributed by atoms with van der Waals surface area (Å²) >= 11 is 8.17. The number of carbonyl (C=O) groups is 1. The lowest BCUT2D eigenvalue weighted by Gasteiger charge is -2.26. The number of rotatable bonds is 7. The van der Waals surface area contributed by atoms with E-state index < -0.39 is 12.0 Å². The summed E-state index contributed by atoms with van der Waals surface area (Å²) in [5.41, 5.74) is 1.42. The number of allylic oxidation sites excluding steroid dienone is 1. The average molecular weight is 652 g/mol. The molecule has 1 aliphatic rings. The van der Waals surface area contributed by atoms with Crippen LogP contribution >= 0.6 is 43.2 Å². The molecule has 0 amide bonds. The zero-order chi connectivity index (χ0) is 26.9. The quantitative estimate of drug-likeness (QED) is 0.380. The molecular formula is C26H24Br2N2O6S. The van der Waals surface area contributed by atoms with Gasteiger partial charge in [-0.3, -0.25) is 9.36 Å². The second-order valence-corrected chi connectivity index (χ2v) is 10.7. The molecule has 0 saturated carbocycles. The fraction of sp³-hybridized carbons (Fsp3) is 0.269. The Balaban J connectivity index is 2.02. The van der Waals surface area contributed by atoms with E-state index in [1.807, 2.05) is 6.92 Å². The number of aromatic nitrogens is 1. The molecule has 2 heterocycles. The molecule has 0 bridgehead atoms. The molecule has 0 fully saturated rings. The van der Waals surface area contributed by atoms with Crippen molar-refractivity contribution in [2.24, 2.45) is 4.99 Å². The molecular weight excluding hydrogens is 628 g/mol. The van der Waals surface area contributed by atoms with Gasteiger partial charge in [0.25, 0.3) is 5.56 Å². The van der Waals surface area contributed by atoms with Crippen molar-refractivity contribution < 1.29 is 24.1 Å². The number of hydrogen-bond donors (Lipinski definition) is 1. The van der Waals surface area contributed by atoms with Crippen LogP contribution in [0, 0.1) is 0 Å². The number of benzene rings is 2. The third-order valence-corrected chi connectivity index (χ3v) is 7.83. The molecule has 194 valence electrons. The van der Waals surface area contributed by atoms with Crippen LogP contribution in [0.25, 0.3) is 6.08 Å². The third kappa shape index (κ3) is 5.25. The van der Waals surface area contributed by atoms with Gasteiger partial charge in [-0.05, 0) is 62.7 Å². The maximum atomic E-state index is 13.8. The van der Waals surface area contributed by atoms with Gasteiger partial charge in [0.1, 0.15) is 5.75 Å². The molecule has 0 saturated heterocycles. The Morgan fingerprint density at radius 1 is 1.19 bits per heavy atom. The minimum atomic E-state index is -0.840. The number of carbonyl (C=O) groups excluding carboxylic acids is 1. The summed E-state index contributed by atoms with van der Waals surface area (Å²) in [6.45, 7) is 5.91.